The first-order valence-corrected chi connectivity index (χ1v) is 18.2. The van der Waals surface area contributed by atoms with Gasteiger partial charge in [-0.15, -0.1) is 23.1 Å². The van der Waals surface area contributed by atoms with E-state index >= 15 is 0 Å². The molecule has 17 nitrogen and oxygen atoms in total. The number of phenols is 2. The molecular weight excluding hydrogens is 763 g/mol. The third-order valence-electron chi connectivity index (χ3n) is 9.42. The predicted molar refractivity (Wildman–Crippen MR) is 182 cm³/mol. The Morgan fingerprint density at radius 1 is 1.19 bits per heavy atom. The SMILES string of the molecule is C[C@@H]1S[C@@H]2[C@H](CC(=O)/C(=N\OC(C)(C)C(=O)[O-])c3csc(N)n3)C(=O)N2C(C(=O)[O-])=C1C[N+]1(CCNC(=O)C(=O)c2cc(O)c(O)c(F)c2)CCCC1.[Na+]. The fourth-order valence-electron chi connectivity index (χ4n) is 6.47. The van der Waals surface area contributed by atoms with Crippen LogP contribution in [0.2, 0.25) is 0 Å². The van der Waals surface area contributed by atoms with E-state index in [1.807, 2.05) is 0 Å². The molecule has 0 aliphatic carbocycles. The second-order valence-corrected chi connectivity index (χ2v) is 15.8. The van der Waals surface area contributed by atoms with Gasteiger partial charge in [0.25, 0.3) is 5.91 Å². The number of aromatic nitrogens is 1. The zero-order valence-electron chi connectivity index (χ0n) is 29.8. The number of phenolic OH excluding ortho intramolecular Hbond substituents is 2. The van der Waals surface area contributed by atoms with Crippen molar-refractivity contribution in [3.63, 3.8) is 0 Å². The molecule has 0 radical (unpaired) electrons. The van der Waals surface area contributed by atoms with Crippen LogP contribution in [0.1, 0.15) is 56.1 Å². The normalized spacial score (nSPS) is 20.7. The number of nitrogens with two attached hydrogens (primary N) is 1. The number of carbonyl (C=O) groups is 6. The number of aliphatic carboxylic acids is 2. The number of nitrogens with zero attached hydrogens (tertiary/aromatic N) is 4. The van der Waals surface area contributed by atoms with Crippen LogP contribution in [0, 0.1) is 11.7 Å². The number of quaternary nitrogens is 1. The smallest absolute Gasteiger partial charge is 0.546 e. The number of thiazole rings is 1. The van der Waals surface area contributed by atoms with E-state index < -0.39 is 86.8 Å². The largest absolute Gasteiger partial charge is 1.00 e. The van der Waals surface area contributed by atoms with Crippen molar-refractivity contribution in [3.05, 3.63) is 45.9 Å². The zero-order valence-corrected chi connectivity index (χ0v) is 33.4. The number of oxime groups is 1. The molecule has 54 heavy (non-hydrogen) atoms. The number of rotatable bonds is 15. The maximum atomic E-state index is 13.8. The van der Waals surface area contributed by atoms with Crippen molar-refractivity contribution in [3.8, 4) is 11.5 Å². The molecule has 4 heterocycles. The van der Waals surface area contributed by atoms with E-state index in [9.17, 15) is 53.6 Å². The number of amides is 2. The molecule has 2 fully saturated rings. The standard InChI is InChI=1S/C33H37FN6O11S2.Na/c1-15-18(13-40(7-4-5-8-40)9-6-36-27(45)25(43)16-10-19(34)26(44)22(42)11-16)24(30(47)48)39-28(46)17(29(39)53-15)12-21(41)23(20-14-52-32(35)37-20)38-51-33(2,3)31(49)50;/h10-11,14-15,17,29H,4-9,12-13H2,1-3H3,(H6-,35,36,37,38,41,42,43,44,45,47,48,49,50);/q;+1/p-1/t15-,17+,29+;/m0./s1. The molecule has 5 N–H and O–H groups in total. The molecule has 2 aromatic rings. The molecule has 0 spiro atoms. The van der Waals surface area contributed by atoms with Crippen LogP contribution in [0.15, 0.2) is 33.9 Å². The van der Waals surface area contributed by atoms with Crippen molar-refractivity contribution < 1.29 is 92.5 Å². The number of anilines is 1. The molecule has 21 heteroatoms. The number of carboxylic acids is 2. The number of halogens is 1. The molecule has 0 saturated carbocycles. The van der Waals surface area contributed by atoms with Crippen LogP contribution in [-0.4, -0.2) is 115 Å². The number of nitrogen functional groups attached to an aromatic ring is 1. The molecular formula is C33H36FN6NaO11S2. The quantitative estimate of drug-likeness (QED) is 0.0196. The van der Waals surface area contributed by atoms with Crippen LogP contribution in [0.4, 0.5) is 9.52 Å². The number of ketones is 2. The molecule has 3 aliphatic heterocycles. The Labute approximate surface area is 338 Å². The zero-order chi connectivity index (χ0) is 39.0. The molecule has 2 amide bonds. The summed E-state index contributed by atoms with van der Waals surface area (Å²) in [6, 6.07) is 1.40. The first-order valence-electron chi connectivity index (χ1n) is 16.4. The summed E-state index contributed by atoms with van der Waals surface area (Å²) in [6.45, 7) is 5.79. The summed E-state index contributed by atoms with van der Waals surface area (Å²) in [4.78, 5) is 86.7. The van der Waals surface area contributed by atoms with Gasteiger partial charge in [0, 0.05) is 41.0 Å². The van der Waals surface area contributed by atoms with Gasteiger partial charge >= 0.3 is 29.6 Å². The van der Waals surface area contributed by atoms with E-state index in [2.05, 4.69) is 15.5 Å². The molecule has 0 bridgehead atoms. The van der Waals surface area contributed by atoms with E-state index in [4.69, 9.17) is 10.6 Å². The maximum absolute atomic E-state index is 13.8. The number of hydrogen-bond acceptors (Lipinski definition) is 16. The van der Waals surface area contributed by atoms with Crippen molar-refractivity contribution in [1.29, 1.82) is 0 Å². The van der Waals surface area contributed by atoms with Crippen LogP contribution >= 0.6 is 23.1 Å². The number of fused-ring (bicyclic) bond motifs is 1. The van der Waals surface area contributed by atoms with Crippen LogP contribution in [0.5, 0.6) is 11.5 Å². The maximum Gasteiger partial charge on any atom is 1.00 e. The fraction of sp³-hybridized carbons (Fsp3) is 0.455. The van der Waals surface area contributed by atoms with E-state index in [1.165, 1.54) is 31.0 Å². The Morgan fingerprint density at radius 2 is 1.85 bits per heavy atom. The third kappa shape index (κ3) is 8.73. The Bertz CT molecular complexity index is 1920. The Morgan fingerprint density at radius 3 is 2.43 bits per heavy atom. The number of nitrogens with one attached hydrogen (secondary N) is 1. The van der Waals surface area contributed by atoms with E-state index in [1.54, 1.807) is 6.92 Å². The molecule has 5 rings (SSSR count). The summed E-state index contributed by atoms with van der Waals surface area (Å²) in [5.74, 6) is -10.9. The summed E-state index contributed by atoms with van der Waals surface area (Å²) in [6.07, 6.45) is 1.17. The van der Waals surface area contributed by atoms with Crippen LogP contribution in [0.25, 0.3) is 0 Å². The van der Waals surface area contributed by atoms with Gasteiger partial charge in [0.15, 0.2) is 39.5 Å². The first-order chi connectivity index (χ1) is 24.9. The summed E-state index contributed by atoms with van der Waals surface area (Å²) >= 11 is 2.29. The van der Waals surface area contributed by atoms with Gasteiger partial charge in [0.1, 0.15) is 12.2 Å². The summed E-state index contributed by atoms with van der Waals surface area (Å²) in [7, 11) is 0. The number of benzene rings is 1. The Kier molecular flexibility index (Phi) is 13.2. The van der Waals surface area contributed by atoms with Gasteiger partial charge in [0.2, 0.25) is 11.7 Å². The molecule has 3 atom stereocenters. The number of thioether (sulfide) groups is 1. The van der Waals surface area contributed by atoms with Gasteiger partial charge in [-0.1, -0.05) is 5.16 Å². The number of β-lactam (4-membered cyclic amide) rings is 1. The van der Waals surface area contributed by atoms with E-state index in [0.29, 0.717) is 29.2 Å². The molecule has 0 unspecified atom stereocenters. The van der Waals surface area contributed by atoms with Crippen LogP contribution < -0.4 is 50.8 Å². The second kappa shape index (κ2) is 16.7. The van der Waals surface area contributed by atoms with Crippen molar-refractivity contribution in [2.75, 3.05) is 38.5 Å². The van der Waals surface area contributed by atoms with E-state index in [0.717, 1.165) is 35.1 Å². The Balaban J connectivity index is 0.00000650. The minimum atomic E-state index is -1.91. The number of aromatic hydroxyl groups is 2. The van der Waals surface area contributed by atoms with Gasteiger partial charge < -0.3 is 50.4 Å². The second-order valence-electron chi connectivity index (χ2n) is 13.5. The molecule has 284 valence electrons. The van der Waals surface area contributed by atoms with Crippen molar-refractivity contribution in [2.24, 2.45) is 11.1 Å². The van der Waals surface area contributed by atoms with Gasteiger partial charge in [-0.25, -0.2) is 9.37 Å². The van der Waals surface area contributed by atoms with Crippen LogP contribution in [0.3, 0.4) is 0 Å². The molecule has 1 aromatic carbocycles. The minimum Gasteiger partial charge on any atom is -0.546 e. The number of likely N-dealkylation sites (tertiary alicyclic amines) is 1. The van der Waals surface area contributed by atoms with Crippen LogP contribution in [-0.2, 0) is 28.8 Å². The number of Topliss-reactive ketones (excluding diaryl/α,β-unsaturated/α-hetero) is 2. The van der Waals surface area contributed by atoms with Gasteiger partial charge in [-0.05, 0) is 32.9 Å². The topological polar surface area (TPSA) is 265 Å². The fourth-order valence-corrected chi connectivity index (χ4v) is 8.52. The summed E-state index contributed by atoms with van der Waals surface area (Å²) in [5.41, 5.74) is 3.13. The van der Waals surface area contributed by atoms with Gasteiger partial charge in [-0.3, -0.25) is 24.1 Å². The number of carboxylic acid groups (broad SMARTS) is 2. The number of carbonyl (C=O) groups excluding carboxylic acids is 6. The Hall–Kier alpha value is -4.08. The predicted octanol–water partition coefficient (Wildman–Crippen LogP) is -3.98. The van der Waals surface area contributed by atoms with Gasteiger partial charge in [0.05, 0.1) is 55.1 Å². The monoisotopic (exact) mass is 798 g/mol. The molecule has 1 aromatic heterocycles. The minimum absolute atomic E-state index is 0. The summed E-state index contributed by atoms with van der Waals surface area (Å²) in [5, 5.41) is 49.7. The van der Waals surface area contributed by atoms with Crippen molar-refractivity contribution in [1.82, 2.24) is 15.2 Å². The summed E-state index contributed by atoms with van der Waals surface area (Å²) < 4.78 is 14.2. The number of hydrogen-bond donors (Lipinski definition) is 4. The van der Waals surface area contributed by atoms with Gasteiger partial charge in [-0.2, -0.15) is 0 Å². The van der Waals surface area contributed by atoms with E-state index in [-0.39, 0.29) is 71.4 Å². The first kappa shape index (κ1) is 42.7. The average Bonchev–Trinajstić information content (AvgIpc) is 3.74. The third-order valence-corrected chi connectivity index (χ3v) is 11.6. The van der Waals surface area contributed by atoms with Crippen molar-refractivity contribution >= 4 is 69.3 Å². The molecule has 2 saturated heterocycles. The molecule has 3 aliphatic rings. The van der Waals surface area contributed by atoms with Crippen molar-refractivity contribution in [2.45, 2.75) is 56.3 Å². The average molecular weight is 799 g/mol.